The van der Waals surface area contributed by atoms with Crippen molar-refractivity contribution in [3.05, 3.63) is 0 Å². The van der Waals surface area contributed by atoms with E-state index >= 15 is 0 Å². The maximum Gasteiger partial charge on any atom is 0.331 e. The van der Waals surface area contributed by atoms with Crippen LogP contribution >= 0.6 is 0 Å². The van der Waals surface area contributed by atoms with Crippen LogP contribution in [0.5, 0.6) is 0 Å². The summed E-state index contributed by atoms with van der Waals surface area (Å²) < 4.78 is 4.56. The first-order valence-corrected chi connectivity index (χ1v) is 3.91. The quantitative estimate of drug-likeness (QED) is 0.576. The molecule has 0 heterocycles. The third kappa shape index (κ3) is 2.26. The molecular formula is C8H15NO4. The van der Waals surface area contributed by atoms with Crippen LogP contribution in [0.2, 0.25) is 0 Å². The van der Waals surface area contributed by atoms with Crippen molar-refractivity contribution in [2.24, 2.45) is 11.7 Å². The first-order chi connectivity index (χ1) is 5.87. The Hall–Kier alpha value is -0.940. The molecule has 0 aliphatic rings. The molecule has 0 aliphatic heterocycles. The molecular weight excluding hydrogens is 174 g/mol. The molecule has 0 saturated heterocycles. The summed E-state index contributed by atoms with van der Waals surface area (Å²) in [6, 6.07) is 0. The smallest absolute Gasteiger partial charge is 0.331 e. The summed E-state index contributed by atoms with van der Waals surface area (Å²) in [5.74, 6) is -2.39. The van der Waals surface area contributed by atoms with Crippen molar-refractivity contribution in [3.63, 3.8) is 0 Å². The highest BCUT2D eigenvalue weighted by Crippen LogP contribution is 2.15. The van der Waals surface area contributed by atoms with E-state index in [9.17, 15) is 9.59 Å². The Morgan fingerprint density at radius 1 is 1.54 bits per heavy atom. The first-order valence-electron chi connectivity index (χ1n) is 3.91. The van der Waals surface area contributed by atoms with E-state index < -0.39 is 23.2 Å². The zero-order valence-corrected chi connectivity index (χ0v) is 8.03. The Morgan fingerprint density at radius 2 is 2.00 bits per heavy atom. The molecule has 3 N–H and O–H groups in total. The number of nitrogens with two attached hydrogens (primary N) is 1. The zero-order chi connectivity index (χ0) is 10.6. The van der Waals surface area contributed by atoms with Crippen molar-refractivity contribution in [1.82, 2.24) is 0 Å². The predicted octanol–water partition coefficient (Wildman–Crippen LogP) is -0.360. The molecule has 13 heavy (non-hydrogen) atoms. The van der Waals surface area contributed by atoms with E-state index in [0.29, 0.717) is 0 Å². The molecule has 0 bridgehead atoms. The van der Waals surface area contributed by atoms with Gasteiger partial charge in [0.2, 0.25) is 0 Å². The monoisotopic (exact) mass is 189 g/mol. The maximum atomic E-state index is 11.3. The van der Waals surface area contributed by atoms with Crippen molar-refractivity contribution in [2.45, 2.75) is 19.4 Å². The van der Waals surface area contributed by atoms with Gasteiger partial charge in [0.25, 0.3) is 0 Å². The van der Waals surface area contributed by atoms with E-state index in [1.165, 1.54) is 7.11 Å². The number of carbonyl (C=O) groups excluding carboxylic acids is 1. The minimum absolute atomic E-state index is 0.277. The average Bonchev–Trinajstić information content (AvgIpc) is 2.02. The van der Waals surface area contributed by atoms with Crippen LogP contribution < -0.4 is 5.73 Å². The number of methoxy groups -OCH3 is 1. The first kappa shape index (κ1) is 12.1. The van der Waals surface area contributed by atoms with Gasteiger partial charge >= 0.3 is 5.97 Å². The minimum Gasteiger partial charge on any atom is -0.480 e. The molecule has 0 radical (unpaired) electrons. The van der Waals surface area contributed by atoms with Crippen molar-refractivity contribution in [2.75, 3.05) is 13.7 Å². The van der Waals surface area contributed by atoms with E-state index in [4.69, 9.17) is 10.8 Å². The minimum atomic E-state index is -1.84. The molecule has 0 saturated carbocycles. The van der Waals surface area contributed by atoms with Gasteiger partial charge in [-0.3, -0.25) is 4.79 Å². The Kier molecular flexibility index (Phi) is 4.03. The molecule has 0 rings (SSSR count). The number of carboxylic acid groups (broad SMARTS) is 1. The largest absolute Gasteiger partial charge is 0.480 e. The van der Waals surface area contributed by atoms with E-state index in [0.717, 1.165) is 0 Å². The van der Waals surface area contributed by atoms with Gasteiger partial charge in [-0.15, -0.1) is 0 Å². The number of hydrogen-bond acceptors (Lipinski definition) is 4. The number of carboxylic acids is 1. The standard InChI is InChI=1S/C8H15NO4/c1-5(2)8(9,7(11)12)6(10)4-13-3/h5H,4,9H2,1-3H3,(H,11,12)/t8-/m0/s1. The molecule has 0 aromatic carbocycles. The van der Waals surface area contributed by atoms with Crippen molar-refractivity contribution < 1.29 is 19.4 Å². The van der Waals surface area contributed by atoms with Gasteiger partial charge in [0, 0.05) is 7.11 Å². The van der Waals surface area contributed by atoms with Crippen LogP contribution in [0.4, 0.5) is 0 Å². The van der Waals surface area contributed by atoms with Crippen LogP contribution in [0.25, 0.3) is 0 Å². The second-order valence-corrected chi connectivity index (χ2v) is 3.19. The van der Waals surface area contributed by atoms with Crippen LogP contribution in [0, 0.1) is 5.92 Å². The van der Waals surface area contributed by atoms with Crippen molar-refractivity contribution >= 4 is 11.8 Å². The Balaban J connectivity index is 4.79. The molecule has 1 atom stereocenters. The van der Waals surface area contributed by atoms with Gasteiger partial charge in [-0.05, 0) is 5.92 Å². The third-order valence-electron chi connectivity index (χ3n) is 2.00. The molecule has 0 amide bonds. The molecule has 0 aromatic heterocycles. The lowest BCUT2D eigenvalue weighted by Crippen LogP contribution is -2.60. The number of Topliss-reactive ketones (excluding diaryl/α,β-unsaturated/α-hetero) is 1. The number of aliphatic carboxylic acids is 1. The van der Waals surface area contributed by atoms with E-state index in [-0.39, 0.29) is 6.61 Å². The lowest BCUT2D eigenvalue weighted by atomic mass is 9.83. The second-order valence-electron chi connectivity index (χ2n) is 3.19. The summed E-state index contributed by atoms with van der Waals surface area (Å²) in [5.41, 5.74) is 3.65. The van der Waals surface area contributed by atoms with Crippen LogP contribution in [-0.2, 0) is 14.3 Å². The summed E-state index contributed by atoms with van der Waals surface area (Å²) in [7, 11) is 1.32. The fraction of sp³-hybridized carbons (Fsp3) is 0.750. The molecule has 0 unspecified atom stereocenters. The normalized spacial score (nSPS) is 15.5. The number of ether oxygens (including phenoxy) is 1. The topological polar surface area (TPSA) is 89.6 Å². The van der Waals surface area contributed by atoms with E-state index in [1.807, 2.05) is 0 Å². The lowest BCUT2D eigenvalue weighted by molar-refractivity contribution is -0.151. The lowest BCUT2D eigenvalue weighted by Gasteiger charge is -2.26. The number of ketones is 1. The van der Waals surface area contributed by atoms with Gasteiger partial charge in [0.05, 0.1) is 0 Å². The fourth-order valence-corrected chi connectivity index (χ4v) is 0.939. The van der Waals surface area contributed by atoms with Gasteiger partial charge in [0.1, 0.15) is 6.61 Å². The Bertz CT molecular complexity index is 214. The van der Waals surface area contributed by atoms with E-state index in [1.54, 1.807) is 13.8 Å². The zero-order valence-electron chi connectivity index (χ0n) is 8.03. The number of carbonyl (C=O) groups is 2. The Labute approximate surface area is 76.9 Å². The van der Waals surface area contributed by atoms with Crippen LogP contribution in [0.1, 0.15) is 13.8 Å². The van der Waals surface area contributed by atoms with Gasteiger partial charge in [0.15, 0.2) is 11.3 Å². The van der Waals surface area contributed by atoms with Crippen molar-refractivity contribution in [3.8, 4) is 0 Å². The summed E-state index contributed by atoms with van der Waals surface area (Å²) in [6.45, 7) is 2.89. The number of rotatable bonds is 5. The van der Waals surface area contributed by atoms with Crippen LogP contribution in [0.15, 0.2) is 0 Å². The summed E-state index contributed by atoms with van der Waals surface area (Å²) in [4.78, 5) is 22.1. The summed E-state index contributed by atoms with van der Waals surface area (Å²) >= 11 is 0. The van der Waals surface area contributed by atoms with Gasteiger partial charge in [-0.25, -0.2) is 4.79 Å². The van der Waals surface area contributed by atoms with Crippen LogP contribution in [0.3, 0.4) is 0 Å². The summed E-state index contributed by atoms with van der Waals surface area (Å²) in [5, 5.41) is 8.80. The van der Waals surface area contributed by atoms with Gasteiger partial charge < -0.3 is 15.6 Å². The predicted molar refractivity (Wildman–Crippen MR) is 46.3 cm³/mol. The molecule has 0 aliphatic carbocycles. The molecule has 0 aromatic rings. The second kappa shape index (κ2) is 4.34. The SMILES string of the molecule is COCC(=O)[C@](N)(C(=O)O)C(C)C. The molecule has 5 nitrogen and oxygen atoms in total. The summed E-state index contributed by atoms with van der Waals surface area (Å²) in [6.07, 6.45) is 0. The molecule has 5 heteroatoms. The molecule has 76 valence electrons. The number of hydrogen-bond donors (Lipinski definition) is 2. The highest BCUT2D eigenvalue weighted by atomic mass is 16.5. The molecule has 0 fully saturated rings. The highest BCUT2D eigenvalue weighted by Gasteiger charge is 2.44. The Morgan fingerprint density at radius 3 is 2.23 bits per heavy atom. The van der Waals surface area contributed by atoms with Crippen LogP contribution in [-0.4, -0.2) is 36.1 Å². The van der Waals surface area contributed by atoms with Gasteiger partial charge in [-0.2, -0.15) is 0 Å². The van der Waals surface area contributed by atoms with Crippen molar-refractivity contribution in [1.29, 1.82) is 0 Å². The fourth-order valence-electron chi connectivity index (χ4n) is 0.939. The molecule has 0 spiro atoms. The highest BCUT2D eigenvalue weighted by molar-refractivity contribution is 6.08. The van der Waals surface area contributed by atoms with E-state index in [2.05, 4.69) is 4.74 Å². The maximum absolute atomic E-state index is 11.3. The third-order valence-corrected chi connectivity index (χ3v) is 2.00. The van der Waals surface area contributed by atoms with Gasteiger partial charge in [-0.1, -0.05) is 13.8 Å². The average molecular weight is 189 g/mol.